The zero-order valence-corrected chi connectivity index (χ0v) is 26.2. The number of hydrogen-bond acceptors (Lipinski definition) is 9. The number of azo groups is 1. The number of aromatic nitrogens is 6. The van der Waals surface area contributed by atoms with Gasteiger partial charge in [0.2, 0.25) is 5.88 Å². The fourth-order valence-corrected chi connectivity index (χ4v) is 5.41. The lowest BCUT2D eigenvalue weighted by Crippen LogP contribution is -2.09. The summed E-state index contributed by atoms with van der Waals surface area (Å²) in [4.78, 5) is 12.3. The van der Waals surface area contributed by atoms with E-state index >= 15 is 0 Å². The molecule has 44 heavy (non-hydrogen) atoms. The van der Waals surface area contributed by atoms with E-state index in [1.54, 1.807) is 32.0 Å². The molecule has 2 aromatic carbocycles. The van der Waals surface area contributed by atoms with Gasteiger partial charge in [-0.15, -0.1) is 10.2 Å². The van der Waals surface area contributed by atoms with Crippen molar-refractivity contribution in [1.29, 1.82) is 0 Å². The Bertz CT molecular complexity index is 1930. The Kier molecular flexibility index (Phi) is 8.53. The van der Waals surface area contributed by atoms with Gasteiger partial charge in [0.05, 0.1) is 28.0 Å². The normalized spacial score (nSPS) is 11.3. The number of anilines is 3. The van der Waals surface area contributed by atoms with Gasteiger partial charge in [-0.1, -0.05) is 60.8 Å². The van der Waals surface area contributed by atoms with Crippen LogP contribution in [0, 0.1) is 27.3 Å². The summed E-state index contributed by atoms with van der Waals surface area (Å²) in [5, 5.41) is 32.1. The molecule has 0 unspecified atom stereocenters. The largest absolute Gasteiger partial charge is 0.493 e. The summed E-state index contributed by atoms with van der Waals surface area (Å²) in [5.74, 6) is 0.326. The number of nitrogens with two attached hydrogens (primary N) is 1. The lowest BCUT2D eigenvalue weighted by molar-refractivity contribution is 0.450. The van der Waals surface area contributed by atoms with Crippen LogP contribution in [-0.4, -0.2) is 34.6 Å². The molecule has 0 saturated carbocycles. The Balaban J connectivity index is 1.55. The Morgan fingerprint density at radius 3 is 2.20 bits per heavy atom. The highest BCUT2D eigenvalue weighted by molar-refractivity contribution is 6.37. The lowest BCUT2D eigenvalue weighted by atomic mass is 9.99. The van der Waals surface area contributed by atoms with Crippen LogP contribution in [-0.2, 0) is 12.8 Å². The van der Waals surface area contributed by atoms with Crippen LogP contribution in [0.2, 0.25) is 10.0 Å². The summed E-state index contributed by atoms with van der Waals surface area (Å²) < 4.78 is 2.65. The standard InChI is InChI=1S/C30H29Cl2N11O/c1-7-18-12-15(3)13-19(8-2)26(18)35-22-14-23(44)37-30(36-22)43-28(33)24(16(4)41-43)38-39-29-25(34-6)17(5)40-42(29)27-20(31)10-9-11-21(27)32/h9-14H,7-8,33H2,1-5H3,(H2,35,36,37,44)/b39-38+. The van der Waals surface area contributed by atoms with Gasteiger partial charge in [-0.2, -0.15) is 24.8 Å². The third kappa shape index (κ3) is 5.67. The number of nitrogens with one attached hydrogen (secondary N) is 1. The third-order valence-electron chi connectivity index (χ3n) is 6.93. The van der Waals surface area contributed by atoms with Gasteiger partial charge in [0.1, 0.15) is 11.5 Å². The molecule has 0 amide bonds. The van der Waals surface area contributed by atoms with E-state index < -0.39 is 0 Å². The van der Waals surface area contributed by atoms with Crippen LogP contribution in [0.25, 0.3) is 16.5 Å². The van der Waals surface area contributed by atoms with E-state index in [4.69, 9.17) is 35.5 Å². The van der Waals surface area contributed by atoms with Crippen molar-refractivity contribution in [2.45, 2.75) is 47.5 Å². The Morgan fingerprint density at radius 1 is 0.955 bits per heavy atom. The number of halogens is 2. The summed E-state index contributed by atoms with van der Waals surface area (Å²) in [5.41, 5.74) is 12.4. The molecule has 12 nitrogen and oxygen atoms in total. The van der Waals surface area contributed by atoms with Crippen molar-refractivity contribution < 1.29 is 5.11 Å². The number of rotatable bonds is 8. The molecule has 0 atom stereocenters. The van der Waals surface area contributed by atoms with Crippen molar-refractivity contribution in [2.75, 3.05) is 11.1 Å². The van der Waals surface area contributed by atoms with E-state index in [-0.39, 0.29) is 34.8 Å². The average Bonchev–Trinajstić information content (AvgIpc) is 3.45. The average molecular weight is 631 g/mol. The second-order valence-electron chi connectivity index (χ2n) is 9.98. The van der Waals surface area contributed by atoms with Crippen LogP contribution in [0.3, 0.4) is 0 Å². The van der Waals surface area contributed by atoms with Crippen LogP contribution >= 0.6 is 23.2 Å². The first-order valence-corrected chi connectivity index (χ1v) is 14.5. The number of benzene rings is 2. The highest BCUT2D eigenvalue weighted by Gasteiger charge is 2.22. The smallest absolute Gasteiger partial charge is 0.257 e. The second-order valence-corrected chi connectivity index (χ2v) is 10.8. The van der Waals surface area contributed by atoms with Gasteiger partial charge in [0.25, 0.3) is 11.6 Å². The van der Waals surface area contributed by atoms with E-state index in [1.807, 2.05) is 0 Å². The van der Waals surface area contributed by atoms with Crippen LogP contribution in [0.4, 0.5) is 34.5 Å². The summed E-state index contributed by atoms with van der Waals surface area (Å²) in [6.07, 6.45) is 1.63. The number of aromatic hydroxyl groups is 1. The summed E-state index contributed by atoms with van der Waals surface area (Å²) >= 11 is 12.9. The zero-order valence-electron chi connectivity index (χ0n) is 24.7. The van der Waals surface area contributed by atoms with Gasteiger partial charge in [-0.25, -0.2) is 9.53 Å². The third-order valence-corrected chi connectivity index (χ3v) is 7.54. The van der Waals surface area contributed by atoms with Gasteiger partial charge >= 0.3 is 0 Å². The predicted octanol–water partition coefficient (Wildman–Crippen LogP) is 8.20. The van der Waals surface area contributed by atoms with Gasteiger partial charge in [-0.3, -0.25) is 0 Å². The molecule has 5 rings (SSSR count). The maximum absolute atomic E-state index is 10.5. The molecule has 0 radical (unpaired) electrons. The molecule has 0 aliphatic heterocycles. The van der Waals surface area contributed by atoms with E-state index in [1.165, 1.54) is 21.0 Å². The maximum Gasteiger partial charge on any atom is 0.257 e. The molecule has 14 heteroatoms. The quantitative estimate of drug-likeness (QED) is 0.116. The molecule has 0 bridgehead atoms. The van der Waals surface area contributed by atoms with Crippen LogP contribution < -0.4 is 11.1 Å². The molecule has 0 spiro atoms. The Morgan fingerprint density at radius 2 is 1.59 bits per heavy atom. The molecular weight excluding hydrogens is 601 g/mol. The van der Waals surface area contributed by atoms with Crippen molar-refractivity contribution in [1.82, 2.24) is 29.5 Å². The van der Waals surface area contributed by atoms with E-state index in [0.717, 1.165) is 29.7 Å². The number of nitrogens with zero attached hydrogens (tertiary/aromatic N) is 9. The number of hydrogen-bond donors (Lipinski definition) is 3. The first-order chi connectivity index (χ1) is 21.1. The van der Waals surface area contributed by atoms with E-state index in [9.17, 15) is 5.11 Å². The molecule has 4 N–H and O–H groups in total. The molecule has 0 aliphatic rings. The predicted molar refractivity (Wildman–Crippen MR) is 172 cm³/mol. The molecule has 224 valence electrons. The molecule has 3 aromatic heterocycles. The van der Waals surface area contributed by atoms with E-state index in [0.29, 0.717) is 32.9 Å². The summed E-state index contributed by atoms with van der Waals surface area (Å²) in [6.45, 7) is 17.3. The molecule has 3 heterocycles. The molecule has 5 aromatic rings. The maximum atomic E-state index is 10.5. The SMILES string of the molecule is [C-]#[N+]c1c(C)nn(-c2c(Cl)cccc2Cl)c1/N=N/c1c(C)nn(-c2nc(O)cc(Nc3c(CC)cc(C)cc3CC)n2)c1N. The van der Waals surface area contributed by atoms with Crippen LogP contribution in [0.15, 0.2) is 46.6 Å². The summed E-state index contributed by atoms with van der Waals surface area (Å²) in [7, 11) is 0. The monoisotopic (exact) mass is 629 g/mol. The number of nitrogen functional groups attached to an aromatic ring is 1. The van der Waals surface area contributed by atoms with Gasteiger partial charge in [-0.05, 0) is 56.9 Å². The highest BCUT2D eigenvalue weighted by atomic mass is 35.5. The van der Waals surface area contributed by atoms with Crippen molar-refractivity contribution in [2.24, 2.45) is 10.2 Å². The van der Waals surface area contributed by atoms with Crippen molar-refractivity contribution in [3.8, 4) is 17.5 Å². The van der Waals surface area contributed by atoms with Crippen molar-refractivity contribution in [3.05, 3.63) is 85.9 Å². The fourth-order valence-electron chi connectivity index (χ4n) is 4.85. The topological polar surface area (TPSA) is 149 Å². The Labute approximate surface area is 264 Å². The van der Waals surface area contributed by atoms with Gasteiger partial charge < -0.3 is 16.2 Å². The minimum atomic E-state index is -0.269. The minimum Gasteiger partial charge on any atom is -0.493 e. The first-order valence-electron chi connectivity index (χ1n) is 13.7. The molecule has 0 saturated heterocycles. The fraction of sp³-hybridized carbons (Fsp3) is 0.233. The van der Waals surface area contributed by atoms with Crippen molar-refractivity contribution in [3.63, 3.8) is 0 Å². The van der Waals surface area contributed by atoms with Crippen LogP contribution in [0.1, 0.15) is 41.9 Å². The summed E-state index contributed by atoms with van der Waals surface area (Å²) in [6, 6.07) is 10.7. The highest BCUT2D eigenvalue weighted by Crippen LogP contribution is 2.40. The first kappa shape index (κ1) is 30.5. The number of para-hydroxylation sites is 1. The molecular formula is C30H29Cl2N11O. The molecule has 0 fully saturated rings. The number of aryl methyl sites for hydroxylation is 5. The van der Waals surface area contributed by atoms with E-state index in [2.05, 4.69) is 73.5 Å². The Hall–Kier alpha value is -4.99. The zero-order chi connectivity index (χ0) is 31.7. The molecule has 0 aliphatic carbocycles. The second kappa shape index (κ2) is 12.3. The van der Waals surface area contributed by atoms with Gasteiger partial charge in [0.15, 0.2) is 17.3 Å². The lowest BCUT2D eigenvalue weighted by Gasteiger charge is -2.17. The van der Waals surface area contributed by atoms with Crippen molar-refractivity contribution >= 4 is 57.7 Å². The van der Waals surface area contributed by atoms with Crippen LogP contribution in [0.5, 0.6) is 5.88 Å². The minimum absolute atomic E-state index is 0.0309. The van der Waals surface area contributed by atoms with Gasteiger partial charge in [0, 0.05) is 11.8 Å².